The highest BCUT2D eigenvalue weighted by Gasteiger charge is 2.21. The molecule has 3 rings (SSSR count). The van der Waals surface area contributed by atoms with Crippen LogP contribution in [-0.4, -0.2) is 36.4 Å². The molecular formula is C18H17ClN2O3S. The summed E-state index contributed by atoms with van der Waals surface area (Å²) in [5, 5.41) is 5.34. The molecule has 0 bridgehead atoms. The summed E-state index contributed by atoms with van der Waals surface area (Å²) < 4.78 is 5.51. The van der Waals surface area contributed by atoms with Gasteiger partial charge in [0.15, 0.2) is 6.61 Å². The first-order chi connectivity index (χ1) is 12.1. The molecule has 5 nitrogen and oxygen atoms in total. The van der Waals surface area contributed by atoms with Crippen LogP contribution in [0.25, 0.3) is 6.08 Å². The van der Waals surface area contributed by atoms with Crippen molar-refractivity contribution < 1.29 is 14.3 Å². The van der Waals surface area contributed by atoms with E-state index < -0.39 is 0 Å². The zero-order chi connectivity index (χ0) is 17.6. The van der Waals surface area contributed by atoms with Gasteiger partial charge in [-0.2, -0.15) is 0 Å². The Morgan fingerprint density at radius 1 is 1.40 bits per heavy atom. The molecule has 1 aromatic heterocycles. The topological polar surface area (TPSA) is 58.6 Å². The van der Waals surface area contributed by atoms with E-state index in [0.29, 0.717) is 30.4 Å². The summed E-state index contributed by atoms with van der Waals surface area (Å²) in [6.45, 7) is 1.18. The number of fused-ring (bicyclic) bond motifs is 1. The van der Waals surface area contributed by atoms with Crippen LogP contribution in [0.4, 0.5) is 0 Å². The number of ether oxygens (including phenoxy) is 1. The Morgan fingerprint density at radius 3 is 3.08 bits per heavy atom. The number of carbonyl (C=O) groups excluding carboxylic acids is 2. The van der Waals surface area contributed by atoms with Gasteiger partial charge in [0, 0.05) is 41.2 Å². The second-order valence-electron chi connectivity index (χ2n) is 5.50. The third-order valence-corrected chi connectivity index (χ3v) is 4.78. The number of nitrogens with one attached hydrogen (secondary N) is 1. The minimum atomic E-state index is -0.185. The molecule has 0 unspecified atom stereocenters. The highest BCUT2D eigenvalue weighted by atomic mass is 35.5. The highest BCUT2D eigenvalue weighted by molar-refractivity contribution is 7.10. The molecule has 2 aromatic rings. The number of benzene rings is 1. The molecule has 0 saturated heterocycles. The molecule has 0 fully saturated rings. The number of thiophene rings is 1. The largest absolute Gasteiger partial charge is 0.483 e. The van der Waals surface area contributed by atoms with Crippen molar-refractivity contribution in [2.75, 3.05) is 19.7 Å². The summed E-state index contributed by atoms with van der Waals surface area (Å²) in [7, 11) is 0. The van der Waals surface area contributed by atoms with Crippen molar-refractivity contribution in [3.63, 3.8) is 0 Å². The quantitative estimate of drug-likeness (QED) is 0.816. The maximum atomic E-state index is 12.2. The third-order valence-electron chi connectivity index (χ3n) is 3.71. The normalized spacial score (nSPS) is 14.1. The van der Waals surface area contributed by atoms with E-state index in [9.17, 15) is 9.59 Å². The lowest BCUT2D eigenvalue weighted by Gasteiger charge is -2.20. The van der Waals surface area contributed by atoms with Crippen molar-refractivity contribution in [2.45, 2.75) is 6.54 Å². The average Bonchev–Trinajstić information content (AvgIpc) is 3.06. The molecule has 1 aromatic carbocycles. The molecule has 0 spiro atoms. The van der Waals surface area contributed by atoms with Crippen molar-refractivity contribution in [1.29, 1.82) is 0 Å². The first kappa shape index (κ1) is 17.5. The van der Waals surface area contributed by atoms with Gasteiger partial charge in [0.05, 0.1) is 0 Å². The van der Waals surface area contributed by atoms with Crippen LogP contribution in [0.2, 0.25) is 5.02 Å². The van der Waals surface area contributed by atoms with Crippen molar-refractivity contribution >= 4 is 40.8 Å². The van der Waals surface area contributed by atoms with Crippen molar-refractivity contribution in [2.24, 2.45) is 0 Å². The molecular weight excluding hydrogens is 360 g/mol. The summed E-state index contributed by atoms with van der Waals surface area (Å²) in [5.41, 5.74) is 0.863. The number of carbonyl (C=O) groups is 2. The fraction of sp³-hybridized carbons (Fsp3) is 0.222. The van der Waals surface area contributed by atoms with E-state index in [1.807, 2.05) is 17.5 Å². The Kier molecular flexibility index (Phi) is 5.73. The molecule has 0 saturated carbocycles. The van der Waals surface area contributed by atoms with Gasteiger partial charge in [-0.1, -0.05) is 17.7 Å². The average molecular weight is 377 g/mol. The van der Waals surface area contributed by atoms with E-state index >= 15 is 0 Å². The van der Waals surface area contributed by atoms with Crippen molar-refractivity contribution in [3.8, 4) is 5.75 Å². The van der Waals surface area contributed by atoms with Gasteiger partial charge in [0.2, 0.25) is 5.91 Å². The number of nitrogens with zero attached hydrogens (tertiary/aromatic N) is 1. The van der Waals surface area contributed by atoms with Crippen LogP contribution < -0.4 is 10.1 Å². The van der Waals surface area contributed by atoms with Crippen LogP contribution in [0.15, 0.2) is 41.8 Å². The fourth-order valence-electron chi connectivity index (χ4n) is 2.46. The summed E-state index contributed by atoms with van der Waals surface area (Å²) in [4.78, 5) is 26.7. The molecule has 7 heteroatoms. The Bertz CT molecular complexity index is 790. The van der Waals surface area contributed by atoms with Crippen LogP contribution in [0.3, 0.4) is 0 Å². The zero-order valence-electron chi connectivity index (χ0n) is 13.4. The Hall–Kier alpha value is -2.31. The standard InChI is InChI=1S/C18H17ClN2O3S/c19-14-3-5-16-13(10-14)11-21(18(23)12-24-16)8-7-20-17(22)6-4-15-2-1-9-25-15/h1-6,9-10H,7-8,11-12H2,(H,20,22). The number of hydrogen-bond acceptors (Lipinski definition) is 4. The number of amides is 2. The van der Waals surface area contributed by atoms with E-state index in [0.717, 1.165) is 10.4 Å². The van der Waals surface area contributed by atoms with Gasteiger partial charge in [0.1, 0.15) is 5.75 Å². The van der Waals surface area contributed by atoms with E-state index in [-0.39, 0.29) is 18.4 Å². The van der Waals surface area contributed by atoms with E-state index in [1.54, 1.807) is 40.5 Å². The van der Waals surface area contributed by atoms with Crippen LogP contribution in [0, 0.1) is 0 Å². The van der Waals surface area contributed by atoms with Gasteiger partial charge in [0.25, 0.3) is 5.91 Å². The van der Waals surface area contributed by atoms with Crippen molar-refractivity contribution in [1.82, 2.24) is 10.2 Å². The van der Waals surface area contributed by atoms with Crippen LogP contribution in [-0.2, 0) is 16.1 Å². The lowest BCUT2D eigenvalue weighted by atomic mass is 10.2. The van der Waals surface area contributed by atoms with E-state index in [1.165, 1.54) is 6.08 Å². The second kappa shape index (κ2) is 8.18. The number of rotatable bonds is 5. The predicted octanol–water partition coefficient (Wildman–Crippen LogP) is 2.95. The highest BCUT2D eigenvalue weighted by Crippen LogP contribution is 2.26. The maximum absolute atomic E-state index is 12.2. The van der Waals surface area contributed by atoms with Gasteiger partial charge >= 0.3 is 0 Å². The predicted molar refractivity (Wildman–Crippen MR) is 98.7 cm³/mol. The van der Waals surface area contributed by atoms with Crippen LogP contribution in [0.1, 0.15) is 10.4 Å². The van der Waals surface area contributed by atoms with Gasteiger partial charge in [-0.3, -0.25) is 9.59 Å². The summed E-state index contributed by atoms with van der Waals surface area (Å²) in [5.74, 6) is 0.370. The summed E-state index contributed by atoms with van der Waals surface area (Å²) >= 11 is 7.58. The molecule has 0 atom stereocenters. The number of halogens is 1. The molecule has 2 amide bonds. The van der Waals surface area contributed by atoms with Crippen LogP contribution in [0.5, 0.6) is 5.75 Å². The van der Waals surface area contributed by atoms with Gasteiger partial charge < -0.3 is 15.0 Å². The monoisotopic (exact) mass is 376 g/mol. The fourth-order valence-corrected chi connectivity index (χ4v) is 3.27. The van der Waals surface area contributed by atoms with Crippen LogP contribution >= 0.6 is 22.9 Å². The lowest BCUT2D eigenvalue weighted by Crippen LogP contribution is -2.38. The molecule has 1 aliphatic heterocycles. The molecule has 25 heavy (non-hydrogen) atoms. The maximum Gasteiger partial charge on any atom is 0.260 e. The Morgan fingerprint density at radius 2 is 2.28 bits per heavy atom. The molecule has 130 valence electrons. The van der Waals surface area contributed by atoms with E-state index in [2.05, 4.69) is 5.32 Å². The molecule has 2 heterocycles. The third kappa shape index (κ3) is 4.84. The Balaban J connectivity index is 1.53. The van der Waals surface area contributed by atoms with Gasteiger partial charge in [-0.05, 0) is 35.7 Å². The number of hydrogen-bond donors (Lipinski definition) is 1. The minimum absolute atomic E-state index is 0.0130. The molecule has 0 radical (unpaired) electrons. The Labute approximate surface area is 154 Å². The lowest BCUT2D eigenvalue weighted by molar-refractivity contribution is -0.133. The van der Waals surface area contributed by atoms with Gasteiger partial charge in [-0.15, -0.1) is 11.3 Å². The SMILES string of the molecule is O=C(C=Cc1cccs1)NCCN1Cc2cc(Cl)ccc2OCC1=O. The first-order valence-corrected chi connectivity index (χ1v) is 9.06. The second-order valence-corrected chi connectivity index (χ2v) is 6.91. The summed E-state index contributed by atoms with van der Waals surface area (Å²) in [6.07, 6.45) is 3.26. The zero-order valence-corrected chi connectivity index (χ0v) is 15.0. The van der Waals surface area contributed by atoms with Crippen molar-refractivity contribution in [3.05, 3.63) is 57.3 Å². The van der Waals surface area contributed by atoms with Gasteiger partial charge in [-0.25, -0.2) is 0 Å². The first-order valence-electron chi connectivity index (χ1n) is 7.80. The molecule has 0 aliphatic carbocycles. The summed E-state index contributed by atoms with van der Waals surface area (Å²) in [6, 6.07) is 9.17. The smallest absolute Gasteiger partial charge is 0.260 e. The molecule has 1 aliphatic rings. The minimum Gasteiger partial charge on any atom is -0.483 e. The molecule has 1 N–H and O–H groups in total. The van der Waals surface area contributed by atoms with E-state index in [4.69, 9.17) is 16.3 Å².